The minimum Gasteiger partial charge on any atom is -0.468 e. The van der Waals surface area contributed by atoms with Crippen LogP contribution in [-0.4, -0.2) is 99.8 Å². The maximum Gasteiger partial charge on any atom is 0.367 e. The van der Waals surface area contributed by atoms with Gasteiger partial charge in [-0.25, -0.2) is 9.59 Å². The number of hydrogen-bond donors (Lipinski definition) is 4. The number of rotatable bonds is 15. The van der Waals surface area contributed by atoms with E-state index in [9.17, 15) is 33.6 Å². The molecule has 0 saturated carbocycles. The molecule has 64 heavy (non-hydrogen) atoms. The highest BCUT2D eigenvalue weighted by atomic mass is 16.8. The third-order valence-electron chi connectivity index (χ3n) is 12.6. The van der Waals surface area contributed by atoms with E-state index in [1.165, 1.54) is 35.1 Å². The van der Waals surface area contributed by atoms with Gasteiger partial charge in [0.2, 0.25) is 5.91 Å². The van der Waals surface area contributed by atoms with Crippen LogP contribution in [0, 0.1) is 13.8 Å². The van der Waals surface area contributed by atoms with Crippen LogP contribution in [0.15, 0.2) is 18.2 Å². The van der Waals surface area contributed by atoms with Crippen molar-refractivity contribution in [1.82, 2.24) is 30.7 Å². The molecule has 8 bridgehead atoms. The molecule has 17 heteroatoms. The van der Waals surface area contributed by atoms with Crippen LogP contribution in [0.25, 0.3) is 22.1 Å². The van der Waals surface area contributed by atoms with E-state index in [0.717, 1.165) is 29.8 Å². The molecule has 3 aliphatic rings. The number of hydrogen-bond acceptors (Lipinski definition) is 12. The number of aromatic nitrogens is 4. The summed E-state index contributed by atoms with van der Waals surface area (Å²) in [7, 11) is 4.06. The quantitative estimate of drug-likeness (QED) is 0.0327. The first kappa shape index (κ1) is 47.3. The number of amides is 2. The Kier molecular flexibility index (Phi) is 13.9. The number of methoxy groups -OCH3 is 1. The van der Waals surface area contributed by atoms with Crippen molar-refractivity contribution in [2.45, 2.75) is 130 Å². The second-order valence-corrected chi connectivity index (χ2v) is 17.5. The molecule has 5 heterocycles. The van der Waals surface area contributed by atoms with E-state index in [-0.39, 0.29) is 43.0 Å². The highest BCUT2D eigenvalue weighted by Gasteiger charge is 2.45. The molecule has 0 radical (unpaired) electrons. The van der Waals surface area contributed by atoms with E-state index < -0.39 is 64.6 Å². The first-order valence-electron chi connectivity index (χ1n) is 21.9. The Balaban J connectivity index is 1.48. The maximum absolute atomic E-state index is 14.4. The molecule has 3 aromatic rings. The lowest BCUT2D eigenvalue weighted by Crippen LogP contribution is -2.56. The van der Waals surface area contributed by atoms with Crippen molar-refractivity contribution in [2.75, 3.05) is 27.8 Å². The van der Waals surface area contributed by atoms with Gasteiger partial charge >= 0.3 is 17.9 Å². The summed E-state index contributed by atoms with van der Waals surface area (Å²) in [4.78, 5) is 116. The number of hydroxylamine groups is 2. The minimum absolute atomic E-state index is 0.0316. The van der Waals surface area contributed by atoms with E-state index in [4.69, 9.17) is 24.3 Å². The first-order valence-corrected chi connectivity index (χ1v) is 21.9. The van der Waals surface area contributed by atoms with Crippen LogP contribution in [0.1, 0.15) is 170 Å². The van der Waals surface area contributed by atoms with Crippen LogP contribution in [0.2, 0.25) is 0 Å². The van der Waals surface area contributed by atoms with Gasteiger partial charge in [-0.3, -0.25) is 38.8 Å². The second kappa shape index (κ2) is 18.9. The van der Waals surface area contributed by atoms with Crippen LogP contribution in [0.5, 0.6) is 0 Å². The molecule has 4 N–H and O–H groups in total. The summed E-state index contributed by atoms with van der Waals surface area (Å²) in [5.74, 6) is -6.18. The van der Waals surface area contributed by atoms with Crippen LogP contribution >= 0.6 is 0 Å². The molecule has 3 aromatic heterocycles. The van der Waals surface area contributed by atoms with E-state index >= 15 is 0 Å². The fourth-order valence-corrected chi connectivity index (χ4v) is 9.37. The number of H-pyrrole nitrogens is 2. The number of nitrogens with zero attached hydrogens (tertiary/aromatic N) is 3. The van der Waals surface area contributed by atoms with Gasteiger partial charge in [-0.2, -0.15) is 5.43 Å². The van der Waals surface area contributed by atoms with Gasteiger partial charge in [-0.05, 0) is 74.1 Å². The predicted molar refractivity (Wildman–Crippen MR) is 236 cm³/mol. The van der Waals surface area contributed by atoms with Crippen LogP contribution in [0.3, 0.4) is 0 Å². The number of ketones is 2. The van der Waals surface area contributed by atoms with Gasteiger partial charge in [-0.1, -0.05) is 34.1 Å². The molecule has 1 aliphatic carbocycles. The fraction of sp³-hybridized carbons (Fsp3) is 0.511. The van der Waals surface area contributed by atoms with Gasteiger partial charge in [0.05, 0.1) is 36.9 Å². The second-order valence-electron chi connectivity index (χ2n) is 17.5. The zero-order valence-corrected chi connectivity index (χ0v) is 38.6. The number of ether oxygens (including phenoxy) is 2. The summed E-state index contributed by atoms with van der Waals surface area (Å²) >= 11 is 0. The number of Topliss-reactive ketones (excluding diaryl/α,β-unsaturated/α-hetero) is 2. The molecule has 0 saturated heterocycles. The SMILES string of the molecule is CCCCOC(=O)[C@H](CC(=O)N[N+](C)(C)OC(C)=O)NC(=O)CC[C@@H]1c2nc(cc3[nH]c(cc4nc(cc5[nH]c6c(c5C)C(=O)C(C(=O)OC)c26)[C@H](CC)[C@H]4C)c(C(C)=O)c3C)[C@H]1C. The van der Waals surface area contributed by atoms with Crippen molar-refractivity contribution in [2.24, 2.45) is 0 Å². The normalized spacial score (nSPS) is 19.5. The highest BCUT2D eigenvalue weighted by Crippen LogP contribution is 2.48. The van der Waals surface area contributed by atoms with Gasteiger partial charge in [0.1, 0.15) is 26.1 Å². The minimum atomic E-state index is -1.37. The molecule has 1 unspecified atom stereocenters. The summed E-state index contributed by atoms with van der Waals surface area (Å²) in [6, 6.07) is 4.38. The number of quaternary nitrogens is 1. The monoisotopic (exact) mass is 882 g/mol. The van der Waals surface area contributed by atoms with Gasteiger partial charge < -0.3 is 24.8 Å². The molecule has 6 rings (SSSR count). The third-order valence-corrected chi connectivity index (χ3v) is 12.6. The first-order chi connectivity index (χ1) is 30.2. The zero-order chi connectivity index (χ0) is 46.9. The largest absolute Gasteiger partial charge is 0.468 e. The average molecular weight is 883 g/mol. The Bertz CT molecular complexity index is 2590. The number of carbonyl (C=O) groups is 7. The Morgan fingerprint density at radius 3 is 2.14 bits per heavy atom. The number of unbranched alkanes of at least 4 members (excludes halogenated alkanes) is 1. The maximum atomic E-state index is 14.4. The van der Waals surface area contributed by atoms with E-state index in [0.29, 0.717) is 62.1 Å². The Morgan fingerprint density at radius 1 is 0.859 bits per heavy atom. The molecule has 2 aliphatic heterocycles. The predicted octanol–water partition coefficient (Wildman–Crippen LogP) is 6.36. The Hall–Kier alpha value is -6.23. The molecular weight excluding hydrogens is 823 g/mol. The molecular formula is C47H60N7O10+. The van der Waals surface area contributed by atoms with E-state index in [2.05, 4.69) is 34.6 Å². The van der Waals surface area contributed by atoms with Crippen molar-refractivity contribution >= 4 is 63.4 Å². The smallest absolute Gasteiger partial charge is 0.367 e. The summed E-state index contributed by atoms with van der Waals surface area (Å²) in [6.45, 7) is 14.6. The van der Waals surface area contributed by atoms with Gasteiger partial charge in [0.15, 0.2) is 11.6 Å². The number of aromatic amines is 2. The number of aryl methyl sites for hydroxylation is 2. The van der Waals surface area contributed by atoms with Crippen molar-refractivity contribution in [3.05, 3.63) is 68.8 Å². The lowest BCUT2D eigenvalue weighted by molar-refractivity contribution is -1.09. The molecule has 342 valence electrons. The molecule has 6 atom stereocenters. The summed E-state index contributed by atoms with van der Waals surface area (Å²) < 4.78 is 10.00. The highest BCUT2D eigenvalue weighted by molar-refractivity contribution is 6.23. The Labute approximate surface area is 371 Å². The fourth-order valence-electron chi connectivity index (χ4n) is 9.37. The Morgan fingerprint density at radius 2 is 1.50 bits per heavy atom. The lowest BCUT2D eigenvalue weighted by Gasteiger charge is -2.25. The molecule has 0 fully saturated rings. The summed E-state index contributed by atoms with van der Waals surface area (Å²) in [5, 5.41) is 2.68. The molecule has 0 spiro atoms. The zero-order valence-electron chi connectivity index (χ0n) is 38.6. The van der Waals surface area contributed by atoms with Crippen molar-refractivity contribution in [1.29, 1.82) is 0 Å². The standard InChI is InChI=1S/C47H59N7O10/c1-12-14-17-63-46(60)36(21-38(58)53-54(9,10)64-27(8)56)50-37(57)16-15-29-23(4)31-18-32-24(5)39(26(7)55)35(49-32)20-30-22(3)28(13-2)34(48-30)19-33-25(6)40-44(52-33)41(43(29)51-31)42(45(40)59)47(61)62-11/h18-20,22-23,28-29,36,42H,12-17,21H2,1-11H3,(H3-,48,49,50,51,52,53,55,57,58,59)/p+1/t22-,23+,28-,29+,36+,42?/m1/s1. The number of carbonyl (C=O) groups excluding carboxylic acids is 7. The number of fused-ring (bicyclic) bond motifs is 8. The number of esters is 2. The van der Waals surface area contributed by atoms with Crippen molar-refractivity contribution in [3.8, 4) is 0 Å². The number of nitrogens with one attached hydrogen (secondary N) is 4. The van der Waals surface area contributed by atoms with Crippen LogP contribution < -0.4 is 10.7 Å². The van der Waals surface area contributed by atoms with Gasteiger partial charge in [0.25, 0.3) is 5.91 Å². The van der Waals surface area contributed by atoms with E-state index in [1.54, 1.807) is 0 Å². The van der Waals surface area contributed by atoms with Gasteiger partial charge in [0, 0.05) is 81.8 Å². The average Bonchev–Trinajstić information content (AvgIpc) is 3.96. The topological polar surface area (TPSA) is 229 Å². The van der Waals surface area contributed by atoms with Gasteiger partial charge in [-0.15, -0.1) is 0 Å². The summed E-state index contributed by atoms with van der Waals surface area (Å²) in [5.41, 5.74) is 10.1. The van der Waals surface area contributed by atoms with Crippen molar-refractivity contribution in [3.63, 3.8) is 0 Å². The van der Waals surface area contributed by atoms with Crippen LogP contribution in [-0.2, 0) is 38.3 Å². The van der Waals surface area contributed by atoms with E-state index in [1.807, 2.05) is 45.9 Å². The summed E-state index contributed by atoms with van der Waals surface area (Å²) in [6.07, 6.45) is 1.61. The third kappa shape index (κ3) is 9.35. The molecule has 0 aromatic carbocycles. The molecule has 2 amide bonds. The lowest BCUT2D eigenvalue weighted by atomic mass is 9.83. The molecule has 17 nitrogen and oxygen atoms in total. The van der Waals surface area contributed by atoms with Crippen molar-refractivity contribution < 1.29 is 52.6 Å². The van der Waals surface area contributed by atoms with Crippen LogP contribution in [0.4, 0.5) is 0 Å².